The molecule has 39 heavy (non-hydrogen) atoms. The molecule has 0 unspecified atom stereocenters. The Balaban J connectivity index is 1.45. The lowest BCUT2D eigenvalue weighted by molar-refractivity contribution is 0.767. The summed E-state index contributed by atoms with van der Waals surface area (Å²) in [6.45, 7) is 2.92. The third-order valence-electron chi connectivity index (χ3n) is 6.61. The summed E-state index contributed by atoms with van der Waals surface area (Å²) in [5.41, 5.74) is 6.63. The summed E-state index contributed by atoms with van der Waals surface area (Å²) in [7, 11) is 0. The van der Waals surface area contributed by atoms with E-state index in [4.69, 9.17) is 15.0 Å². The van der Waals surface area contributed by atoms with Crippen molar-refractivity contribution in [3.05, 3.63) is 150 Å². The van der Waals surface area contributed by atoms with E-state index in [1.54, 1.807) is 23.5 Å². The molecule has 0 aliphatic rings. The lowest BCUT2D eigenvalue weighted by atomic mass is 10.0. The number of hydrogen-bond acceptors (Lipinski definition) is 5. The third kappa shape index (κ3) is 5.63. The molecule has 0 atom stereocenters. The first-order valence-corrected chi connectivity index (χ1v) is 14.8. The molecule has 0 bridgehead atoms. The molecule has 0 N–H and O–H groups in total. The maximum atomic E-state index is 5.17. The molecule has 6 heteroatoms. The fourth-order valence-electron chi connectivity index (χ4n) is 4.65. The van der Waals surface area contributed by atoms with Crippen molar-refractivity contribution < 1.29 is 0 Å². The topological polar surface area (TPSA) is 43.6 Å². The quantitative estimate of drug-likeness (QED) is 0.104. The summed E-state index contributed by atoms with van der Waals surface area (Å²) < 4.78 is 2.10. The fourth-order valence-corrected chi connectivity index (χ4v) is 6.99. The van der Waals surface area contributed by atoms with Crippen LogP contribution < -0.4 is 0 Å². The van der Waals surface area contributed by atoms with Gasteiger partial charge in [0.25, 0.3) is 0 Å². The smallest absolute Gasteiger partial charge is 0.191 e. The lowest BCUT2D eigenvalue weighted by Gasteiger charge is -2.19. The van der Waals surface area contributed by atoms with Crippen molar-refractivity contribution in [1.82, 2.24) is 19.5 Å². The summed E-state index contributed by atoms with van der Waals surface area (Å²) in [4.78, 5) is 15.0. The summed E-state index contributed by atoms with van der Waals surface area (Å²) >= 11 is 3.43. The van der Waals surface area contributed by atoms with Gasteiger partial charge in [-0.25, -0.2) is 15.0 Å². The zero-order chi connectivity index (χ0) is 26.4. The van der Waals surface area contributed by atoms with E-state index in [0.29, 0.717) is 0 Å². The Morgan fingerprint density at radius 3 is 1.46 bits per heavy atom. The number of hydrogen-bond donors (Lipinski definition) is 0. The Bertz CT molecular complexity index is 1560. The van der Waals surface area contributed by atoms with E-state index in [1.165, 1.54) is 22.3 Å². The summed E-state index contributed by atoms with van der Waals surface area (Å²) in [6, 6.07) is 42.4. The lowest BCUT2D eigenvalue weighted by Crippen LogP contribution is -2.03. The molecule has 4 aromatic carbocycles. The van der Waals surface area contributed by atoms with Gasteiger partial charge in [-0.2, -0.15) is 0 Å². The van der Waals surface area contributed by atoms with Crippen LogP contribution in [0.25, 0.3) is 11.2 Å². The van der Waals surface area contributed by atoms with Crippen LogP contribution in [-0.4, -0.2) is 19.5 Å². The fraction of sp³-hybridized carbons (Fsp3) is 0.121. The molecule has 4 nitrogen and oxygen atoms in total. The van der Waals surface area contributed by atoms with Crippen molar-refractivity contribution in [1.29, 1.82) is 0 Å². The van der Waals surface area contributed by atoms with Gasteiger partial charge >= 0.3 is 0 Å². The Morgan fingerprint density at radius 2 is 1.03 bits per heavy atom. The average molecular weight is 545 g/mol. The molecule has 2 aromatic heterocycles. The number of rotatable bonds is 9. The molecule has 0 aliphatic heterocycles. The number of imidazole rings is 1. The Labute approximate surface area is 237 Å². The molecule has 0 radical (unpaired) electrons. The van der Waals surface area contributed by atoms with Gasteiger partial charge in [0.1, 0.15) is 10.5 Å². The Morgan fingerprint density at radius 1 is 0.590 bits per heavy atom. The second kappa shape index (κ2) is 11.9. The van der Waals surface area contributed by atoms with Gasteiger partial charge in [-0.05, 0) is 29.2 Å². The maximum Gasteiger partial charge on any atom is 0.191 e. The van der Waals surface area contributed by atoms with Crippen LogP contribution in [0.1, 0.15) is 39.7 Å². The number of benzene rings is 4. The van der Waals surface area contributed by atoms with E-state index in [2.05, 4.69) is 133 Å². The van der Waals surface area contributed by atoms with Gasteiger partial charge in [0, 0.05) is 6.54 Å². The first-order valence-electron chi connectivity index (χ1n) is 13.1. The first kappa shape index (κ1) is 25.4. The highest BCUT2D eigenvalue weighted by atomic mass is 32.2. The predicted molar refractivity (Wildman–Crippen MR) is 162 cm³/mol. The van der Waals surface area contributed by atoms with Crippen LogP contribution in [0.4, 0.5) is 0 Å². The number of fused-ring (bicyclic) bond motifs is 1. The van der Waals surface area contributed by atoms with Crippen LogP contribution in [0.5, 0.6) is 0 Å². The van der Waals surface area contributed by atoms with Crippen LogP contribution in [0.2, 0.25) is 0 Å². The highest BCUT2D eigenvalue weighted by Crippen LogP contribution is 2.44. The number of thioether (sulfide) groups is 2. The van der Waals surface area contributed by atoms with E-state index in [0.717, 1.165) is 27.9 Å². The molecular weight excluding hydrogens is 517 g/mol. The minimum Gasteiger partial charge on any atom is -0.315 e. The zero-order valence-corrected chi connectivity index (χ0v) is 23.2. The van der Waals surface area contributed by atoms with Gasteiger partial charge in [0.05, 0.1) is 16.8 Å². The molecule has 0 amide bonds. The van der Waals surface area contributed by atoms with E-state index in [9.17, 15) is 0 Å². The van der Waals surface area contributed by atoms with Crippen molar-refractivity contribution in [2.24, 2.45) is 0 Å². The standard InChI is InChI=1S/C33H28N4S2/c1-2-37-23-34-28-31(37)35-33(39-30(26-19-11-5-12-20-26)27-21-13-6-14-22-27)36-32(28)38-29(24-15-7-3-8-16-24)25-17-9-4-10-18-25/h3-23,29-30H,2H2,1H3. The average Bonchev–Trinajstić information content (AvgIpc) is 3.43. The van der Waals surface area contributed by atoms with E-state index in [1.807, 2.05) is 6.33 Å². The molecule has 0 aliphatic carbocycles. The molecule has 0 fully saturated rings. The van der Waals surface area contributed by atoms with Crippen LogP contribution in [0.3, 0.4) is 0 Å². The van der Waals surface area contributed by atoms with Crippen molar-refractivity contribution in [3.63, 3.8) is 0 Å². The van der Waals surface area contributed by atoms with Gasteiger partial charge < -0.3 is 4.57 Å². The van der Waals surface area contributed by atoms with Gasteiger partial charge in [0.2, 0.25) is 0 Å². The summed E-state index contributed by atoms with van der Waals surface area (Å²) in [5.74, 6) is 0. The molecular formula is C33H28N4S2. The largest absolute Gasteiger partial charge is 0.315 e. The van der Waals surface area contributed by atoms with Crippen LogP contribution >= 0.6 is 23.5 Å². The van der Waals surface area contributed by atoms with Crippen LogP contribution in [-0.2, 0) is 6.54 Å². The molecule has 0 saturated heterocycles. The highest BCUT2D eigenvalue weighted by Gasteiger charge is 2.23. The first-order chi connectivity index (χ1) is 19.3. The monoisotopic (exact) mass is 544 g/mol. The zero-order valence-electron chi connectivity index (χ0n) is 21.6. The van der Waals surface area contributed by atoms with Gasteiger partial charge in [-0.15, -0.1) is 0 Å². The van der Waals surface area contributed by atoms with Gasteiger partial charge in [0.15, 0.2) is 10.8 Å². The van der Waals surface area contributed by atoms with Gasteiger partial charge in [-0.1, -0.05) is 145 Å². The maximum absolute atomic E-state index is 5.17. The molecule has 6 rings (SSSR count). The highest BCUT2D eigenvalue weighted by molar-refractivity contribution is 8.00. The summed E-state index contributed by atoms with van der Waals surface area (Å²) in [5, 5.41) is 1.79. The summed E-state index contributed by atoms with van der Waals surface area (Å²) in [6.07, 6.45) is 1.88. The van der Waals surface area contributed by atoms with Crippen molar-refractivity contribution >= 4 is 34.7 Å². The molecule has 6 aromatic rings. The van der Waals surface area contributed by atoms with Crippen LogP contribution in [0, 0.1) is 0 Å². The second-order valence-electron chi connectivity index (χ2n) is 9.15. The predicted octanol–water partition coefficient (Wildman–Crippen LogP) is 8.61. The SMILES string of the molecule is CCn1cnc2c(SC(c3ccccc3)c3ccccc3)nc(SC(c3ccccc3)c3ccccc3)nc21. The van der Waals surface area contributed by atoms with Crippen molar-refractivity contribution in [2.75, 3.05) is 0 Å². The van der Waals surface area contributed by atoms with Gasteiger partial charge in [-0.3, -0.25) is 0 Å². The second-order valence-corrected chi connectivity index (χ2v) is 11.3. The Hall–Kier alpha value is -3.87. The number of nitrogens with zero attached hydrogens (tertiary/aromatic N) is 4. The Kier molecular flexibility index (Phi) is 7.75. The normalized spacial score (nSPS) is 11.5. The molecule has 0 saturated carbocycles. The van der Waals surface area contributed by atoms with Crippen LogP contribution in [0.15, 0.2) is 138 Å². The van der Waals surface area contributed by atoms with Crippen molar-refractivity contribution in [3.8, 4) is 0 Å². The van der Waals surface area contributed by atoms with E-state index < -0.39 is 0 Å². The molecule has 0 spiro atoms. The minimum absolute atomic E-state index is 0.0692. The minimum atomic E-state index is 0.0692. The van der Waals surface area contributed by atoms with E-state index in [-0.39, 0.29) is 10.5 Å². The number of aryl methyl sites for hydroxylation is 1. The third-order valence-corrected chi connectivity index (χ3v) is 9.08. The van der Waals surface area contributed by atoms with Crippen molar-refractivity contribution in [2.45, 2.75) is 34.2 Å². The van der Waals surface area contributed by atoms with E-state index >= 15 is 0 Å². The molecule has 2 heterocycles. The molecule has 192 valence electrons. The number of aromatic nitrogens is 4.